The van der Waals surface area contributed by atoms with Gasteiger partial charge in [-0.2, -0.15) is 0 Å². The van der Waals surface area contributed by atoms with Crippen molar-refractivity contribution in [1.82, 2.24) is 0 Å². The molecular weight excluding hydrogens is 488 g/mol. The first-order valence-electron chi connectivity index (χ1n) is 9.56. The third kappa shape index (κ3) is 5.37. The molecule has 0 radical (unpaired) electrons. The van der Waals surface area contributed by atoms with Crippen LogP contribution in [0.1, 0.15) is 17.5 Å². The van der Waals surface area contributed by atoms with Gasteiger partial charge in [0.1, 0.15) is 5.75 Å². The second-order valence-corrected chi connectivity index (χ2v) is 8.58. The fourth-order valence-corrected chi connectivity index (χ4v) is 3.95. The molecule has 1 atom stereocenters. The Morgan fingerprint density at radius 2 is 1.97 bits per heavy atom. The predicted molar refractivity (Wildman–Crippen MR) is 122 cm³/mol. The van der Waals surface area contributed by atoms with Gasteiger partial charge in [0.25, 0.3) is 5.91 Å². The quantitative estimate of drug-likeness (QED) is 0.588. The summed E-state index contributed by atoms with van der Waals surface area (Å²) >= 11 is 9.49. The van der Waals surface area contributed by atoms with Crippen molar-refractivity contribution in [1.29, 1.82) is 0 Å². The number of nitrogens with one attached hydrogen (secondary N) is 1. The van der Waals surface area contributed by atoms with Crippen LogP contribution in [0.3, 0.4) is 0 Å². The Balaban J connectivity index is 1.59. The highest BCUT2D eigenvalue weighted by molar-refractivity contribution is 9.10. The number of hydrogen-bond acceptors (Lipinski definition) is 5. The zero-order valence-corrected chi connectivity index (χ0v) is 19.7. The molecule has 2 aromatic rings. The molecular formula is C22H22BrClN2O5. The first-order valence-corrected chi connectivity index (χ1v) is 10.7. The molecule has 1 fully saturated rings. The minimum atomic E-state index is -0.680. The van der Waals surface area contributed by atoms with Crippen LogP contribution < -0.4 is 15.0 Å². The molecule has 0 spiro atoms. The van der Waals surface area contributed by atoms with Crippen molar-refractivity contribution in [2.24, 2.45) is 5.92 Å². The number of methoxy groups -OCH3 is 1. The van der Waals surface area contributed by atoms with Gasteiger partial charge in [-0.05, 0) is 55.3 Å². The Morgan fingerprint density at radius 3 is 2.68 bits per heavy atom. The van der Waals surface area contributed by atoms with Crippen molar-refractivity contribution in [2.75, 3.05) is 30.5 Å². The van der Waals surface area contributed by atoms with Crippen LogP contribution in [0.25, 0.3) is 0 Å². The minimum absolute atomic E-state index is 0.0128. The Hall–Kier alpha value is -2.58. The summed E-state index contributed by atoms with van der Waals surface area (Å²) in [5.41, 5.74) is 3.00. The lowest BCUT2D eigenvalue weighted by molar-refractivity contribution is -0.151. The molecule has 9 heteroatoms. The normalized spacial score (nSPS) is 15.7. The van der Waals surface area contributed by atoms with Crippen LogP contribution in [-0.2, 0) is 19.1 Å². The van der Waals surface area contributed by atoms with Crippen molar-refractivity contribution in [2.45, 2.75) is 20.3 Å². The average molecular weight is 510 g/mol. The number of anilines is 2. The van der Waals surface area contributed by atoms with E-state index in [0.717, 1.165) is 15.6 Å². The number of nitrogens with zero attached hydrogens (tertiary/aromatic N) is 1. The Bertz CT molecular complexity index is 1040. The van der Waals surface area contributed by atoms with Gasteiger partial charge in [0.05, 0.1) is 18.7 Å². The van der Waals surface area contributed by atoms with E-state index in [1.165, 1.54) is 12.0 Å². The molecule has 1 saturated heterocycles. The number of benzene rings is 2. The first kappa shape index (κ1) is 23.1. The van der Waals surface area contributed by atoms with Gasteiger partial charge in [-0.25, -0.2) is 0 Å². The smallest absolute Gasteiger partial charge is 0.311 e. The molecule has 0 aromatic heterocycles. The van der Waals surface area contributed by atoms with Crippen molar-refractivity contribution in [3.05, 3.63) is 51.0 Å². The van der Waals surface area contributed by atoms with Crippen LogP contribution in [0.5, 0.6) is 5.75 Å². The summed E-state index contributed by atoms with van der Waals surface area (Å²) in [5, 5.41) is 3.19. The zero-order chi connectivity index (χ0) is 22.7. The van der Waals surface area contributed by atoms with Gasteiger partial charge in [0, 0.05) is 28.1 Å². The fourth-order valence-electron chi connectivity index (χ4n) is 3.33. The molecule has 0 bridgehead atoms. The number of esters is 1. The van der Waals surface area contributed by atoms with E-state index in [-0.39, 0.29) is 18.9 Å². The van der Waals surface area contributed by atoms with Crippen LogP contribution in [0.15, 0.2) is 34.8 Å². The van der Waals surface area contributed by atoms with Crippen molar-refractivity contribution in [3.63, 3.8) is 0 Å². The van der Waals surface area contributed by atoms with Crippen LogP contribution in [0.4, 0.5) is 11.4 Å². The highest BCUT2D eigenvalue weighted by atomic mass is 79.9. The molecule has 2 aromatic carbocycles. The number of ether oxygens (including phenoxy) is 2. The van der Waals surface area contributed by atoms with Crippen molar-refractivity contribution in [3.8, 4) is 5.75 Å². The number of carbonyl (C=O) groups excluding carboxylic acids is 3. The summed E-state index contributed by atoms with van der Waals surface area (Å²) in [6, 6.07) is 8.67. The van der Waals surface area contributed by atoms with Crippen LogP contribution in [0.2, 0.25) is 5.02 Å². The van der Waals surface area contributed by atoms with Crippen molar-refractivity contribution < 1.29 is 23.9 Å². The maximum atomic E-state index is 12.5. The molecule has 0 unspecified atom stereocenters. The van der Waals surface area contributed by atoms with Gasteiger partial charge in [-0.15, -0.1) is 0 Å². The molecule has 7 nitrogen and oxygen atoms in total. The van der Waals surface area contributed by atoms with E-state index in [2.05, 4.69) is 21.2 Å². The number of rotatable bonds is 6. The Morgan fingerprint density at radius 1 is 1.23 bits per heavy atom. The molecule has 164 valence electrons. The van der Waals surface area contributed by atoms with Gasteiger partial charge in [-0.3, -0.25) is 14.4 Å². The standard InChI is InChI=1S/C22H22BrClN2O5/c1-12-7-17(13(2)6-16(12)23)25-20(27)11-31-22(29)14-8-21(28)26(10-14)18-9-15(24)4-5-19(18)30-3/h4-7,9,14H,8,10-11H2,1-3H3,(H,25,27)/t14-/m0/s1. The van der Waals surface area contributed by atoms with E-state index in [4.69, 9.17) is 21.1 Å². The number of halogens is 2. The lowest BCUT2D eigenvalue weighted by Crippen LogP contribution is -2.28. The second kappa shape index (κ2) is 9.70. The highest BCUT2D eigenvalue weighted by Gasteiger charge is 2.37. The summed E-state index contributed by atoms with van der Waals surface area (Å²) in [6.45, 7) is 3.48. The monoisotopic (exact) mass is 508 g/mol. The number of aryl methyl sites for hydroxylation is 2. The maximum absolute atomic E-state index is 12.5. The van der Waals surface area contributed by atoms with E-state index < -0.39 is 24.4 Å². The van der Waals surface area contributed by atoms with E-state index >= 15 is 0 Å². The van der Waals surface area contributed by atoms with Gasteiger partial charge in [0.2, 0.25) is 5.91 Å². The van der Waals surface area contributed by atoms with Gasteiger partial charge < -0.3 is 19.7 Å². The predicted octanol–water partition coefficient (Wildman–Crippen LogP) is 4.26. The van der Waals surface area contributed by atoms with Gasteiger partial charge in [-0.1, -0.05) is 27.5 Å². The third-order valence-corrected chi connectivity index (χ3v) is 6.10. The Labute approximate surface area is 193 Å². The molecule has 1 N–H and O–H groups in total. The SMILES string of the molecule is COc1ccc(Cl)cc1N1C[C@@H](C(=O)OCC(=O)Nc2cc(C)c(Br)cc2C)CC1=O. The average Bonchev–Trinajstić information content (AvgIpc) is 3.11. The van der Waals surface area contributed by atoms with Gasteiger partial charge in [0.15, 0.2) is 6.61 Å². The second-order valence-electron chi connectivity index (χ2n) is 7.29. The van der Waals surface area contributed by atoms with Crippen LogP contribution in [0, 0.1) is 19.8 Å². The van der Waals surface area contributed by atoms with Crippen molar-refractivity contribution >= 4 is 56.7 Å². The summed E-state index contributed by atoms with van der Waals surface area (Å²) < 4.78 is 11.4. The zero-order valence-electron chi connectivity index (χ0n) is 17.3. The lowest BCUT2D eigenvalue weighted by Gasteiger charge is -2.19. The number of hydrogen-bond donors (Lipinski definition) is 1. The number of carbonyl (C=O) groups is 3. The number of amides is 2. The molecule has 31 heavy (non-hydrogen) atoms. The summed E-state index contributed by atoms with van der Waals surface area (Å²) in [7, 11) is 1.49. The molecule has 0 saturated carbocycles. The van der Waals surface area contributed by atoms with Crippen LogP contribution in [-0.4, -0.2) is 38.0 Å². The highest BCUT2D eigenvalue weighted by Crippen LogP contribution is 2.35. The summed E-state index contributed by atoms with van der Waals surface area (Å²) in [6.07, 6.45) is -0.0128. The topological polar surface area (TPSA) is 84.9 Å². The third-order valence-electron chi connectivity index (χ3n) is 5.02. The van der Waals surface area contributed by atoms with E-state index in [9.17, 15) is 14.4 Å². The Kier molecular flexibility index (Phi) is 7.23. The summed E-state index contributed by atoms with van der Waals surface area (Å²) in [4.78, 5) is 38.6. The molecule has 3 rings (SSSR count). The summed E-state index contributed by atoms with van der Waals surface area (Å²) in [5.74, 6) is -1.49. The minimum Gasteiger partial charge on any atom is -0.495 e. The van der Waals surface area contributed by atoms with E-state index in [0.29, 0.717) is 22.1 Å². The largest absolute Gasteiger partial charge is 0.495 e. The van der Waals surface area contributed by atoms with E-state index in [1.54, 1.807) is 18.2 Å². The fraction of sp³-hybridized carbons (Fsp3) is 0.318. The van der Waals surface area contributed by atoms with E-state index in [1.807, 2.05) is 26.0 Å². The maximum Gasteiger partial charge on any atom is 0.311 e. The molecule has 1 heterocycles. The molecule has 2 amide bonds. The van der Waals surface area contributed by atoms with Crippen LogP contribution >= 0.6 is 27.5 Å². The first-order chi connectivity index (χ1) is 14.7. The van der Waals surface area contributed by atoms with Gasteiger partial charge >= 0.3 is 5.97 Å². The molecule has 0 aliphatic carbocycles. The lowest BCUT2D eigenvalue weighted by atomic mass is 10.1. The molecule has 1 aliphatic heterocycles. The molecule has 1 aliphatic rings.